The third-order valence-electron chi connectivity index (χ3n) is 6.79. The molecule has 3 amide bonds. The van der Waals surface area contributed by atoms with Gasteiger partial charge in [-0.3, -0.25) is 24.5 Å². The number of thiazole rings is 1. The smallest absolute Gasteiger partial charge is 0.272 e. The molecule has 5 aromatic rings. The van der Waals surface area contributed by atoms with Crippen LogP contribution in [0.3, 0.4) is 0 Å². The van der Waals surface area contributed by atoms with Gasteiger partial charge in [0, 0.05) is 38.7 Å². The first-order chi connectivity index (χ1) is 22.6. The minimum atomic E-state index is -0.587. The number of anilines is 2. The van der Waals surface area contributed by atoms with E-state index in [-0.39, 0.29) is 23.0 Å². The molecule has 0 unspecified atom stereocenters. The number of hydrogen-bond acceptors (Lipinski definition) is 8. The Balaban J connectivity index is 1.20. The predicted octanol–water partition coefficient (Wildman–Crippen LogP) is 7.48. The first-order valence-electron chi connectivity index (χ1n) is 14.4. The normalized spacial score (nSPS) is 11.1. The second-order valence-corrected chi connectivity index (χ2v) is 12.6. The second kappa shape index (κ2) is 15.1. The van der Waals surface area contributed by atoms with Gasteiger partial charge in [-0.15, -0.1) is 23.1 Å². The Bertz CT molecular complexity index is 1940. The first kappa shape index (κ1) is 32.8. The van der Waals surface area contributed by atoms with Crippen LogP contribution in [-0.4, -0.2) is 33.4 Å². The van der Waals surface area contributed by atoms with Crippen LogP contribution in [0.5, 0.6) is 0 Å². The molecule has 4 aromatic carbocycles. The lowest BCUT2D eigenvalue weighted by Gasteiger charge is -2.12. The number of thioether (sulfide) groups is 1. The third kappa shape index (κ3) is 9.00. The van der Waals surface area contributed by atoms with Crippen LogP contribution >= 0.6 is 23.1 Å². The number of carbonyl (C=O) groups is 3. The number of rotatable bonds is 11. The summed E-state index contributed by atoms with van der Waals surface area (Å²) in [5, 5.41) is 19.9. The van der Waals surface area contributed by atoms with Crippen molar-refractivity contribution < 1.29 is 19.3 Å². The molecule has 0 atom stereocenters. The molecule has 1 aromatic heterocycles. The summed E-state index contributed by atoms with van der Waals surface area (Å²) >= 11 is 2.76. The zero-order chi connectivity index (χ0) is 33.3. The highest BCUT2D eigenvalue weighted by Gasteiger charge is 2.16. The number of amides is 3. The summed E-state index contributed by atoms with van der Waals surface area (Å²) in [5.41, 5.74) is 4.18. The van der Waals surface area contributed by atoms with E-state index in [2.05, 4.69) is 20.9 Å². The maximum absolute atomic E-state index is 13.3. The Labute approximate surface area is 279 Å². The summed E-state index contributed by atoms with van der Waals surface area (Å²) in [6.07, 6.45) is 1.44. The van der Waals surface area contributed by atoms with Gasteiger partial charge in [0.15, 0.2) is 5.13 Å². The molecule has 0 spiro atoms. The van der Waals surface area contributed by atoms with Crippen LogP contribution in [-0.2, 0) is 9.59 Å². The van der Waals surface area contributed by atoms with E-state index in [9.17, 15) is 24.5 Å². The molecule has 0 fully saturated rings. The van der Waals surface area contributed by atoms with Crippen molar-refractivity contribution in [2.75, 3.05) is 16.4 Å². The van der Waals surface area contributed by atoms with Crippen LogP contribution in [0.15, 0.2) is 114 Å². The van der Waals surface area contributed by atoms with Gasteiger partial charge in [-0.25, -0.2) is 4.98 Å². The van der Waals surface area contributed by atoms with Gasteiger partial charge in [0.25, 0.3) is 17.5 Å². The molecule has 47 heavy (non-hydrogen) atoms. The molecule has 0 radical (unpaired) electrons. The fourth-order valence-corrected chi connectivity index (χ4v) is 5.92. The zero-order valence-corrected chi connectivity index (χ0v) is 27.0. The molecule has 0 saturated carbocycles. The molecular weight excluding hydrogens is 635 g/mol. The highest BCUT2D eigenvalue weighted by molar-refractivity contribution is 8.00. The average molecular weight is 664 g/mol. The van der Waals surface area contributed by atoms with E-state index in [0.717, 1.165) is 26.6 Å². The Kier molecular flexibility index (Phi) is 10.6. The summed E-state index contributed by atoms with van der Waals surface area (Å²) in [6, 6.07) is 29.1. The molecule has 1 heterocycles. The number of aromatic nitrogens is 1. The molecule has 0 bridgehead atoms. The second-order valence-electron chi connectivity index (χ2n) is 10.3. The average Bonchev–Trinajstić information content (AvgIpc) is 3.44. The minimum absolute atomic E-state index is 0.0502. The van der Waals surface area contributed by atoms with E-state index < -0.39 is 16.7 Å². The molecule has 0 aliphatic rings. The van der Waals surface area contributed by atoms with E-state index in [1.165, 1.54) is 53.4 Å². The monoisotopic (exact) mass is 663 g/mol. The van der Waals surface area contributed by atoms with Gasteiger partial charge in [-0.05, 0) is 74.0 Å². The molecule has 12 heteroatoms. The highest BCUT2D eigenvalue weighted by atomic mass is 32.2. The van der Waals surface area contributed by atoms with Crippen molar-refractivity contribution in [3.8, 4) is 11.3 Å². The van der Waals surface area contributed by atoms with Crippen molar-refractivity contribution >= 4 is 63.4 Å². The van der Waals surface area contributed by atoms with Gasteiger partial charge in [0.2, 0.25) is 5.91 Å². The number of nitro groups is 1. The number of nitro benzene ring substituents is 1. The fourth-order valence-electron chi connectivity index (χ4n) is 4.37. The maximum Gasteiger partial charge on any atom is 0.272 e. The van der Waals surface area contributed by atoms with Crippen molar-refractivity contribution in [1.82, 2.24) is 10.3 Å². The van der Waals surface area contributed by atoms with E-state index in [0.29, 0.717) is 21.9 Å². The van der Waals surface area contributed by atoms with E-state index >= 15 is 0 Å². The van der Waals surface area contributed by atoms with Crippen LogP contribution in [0, 0.1) is 24.0 Å². The Morgan fingerprint density at radius 1 is 0.872 bits per heavy atom. The molecule has 10 nitrogen and oxygen atoms in total. The topological polar surface area (TPSA) is 143 Å². The summed E-state index contributed by atoms with van der Waals surface area (Å²) in [4.78, 5) is 55.8. The highest BCUT2D eigenvalue weighted by Crippen LogP contribution is 2.31. The molecule has 0 aliphatic heterocycles. The summed E-state index contributed by atoms with van der Waals surface area (Å²) in [5.74, 6) is -1.10. The molecule has 236 valence electrons. The van der Waals surface area contributed by atoms with Crippen molar-refractivity contribution in [3.63, 3.8) is 0 Å². The lowest BCUT2D eigenvalue weighted by atomic mass is 10.1. The number of non-ortho nitro benzene ring substituents is 1. The van der Waals surface area contributed by atoms with E-state index in [1.807, 2.05) is 38.1 Å². The number of nitrogens with zero attached hydrogens (tertiary/aromatic N) is 2. The van der Waals surface area contributed by atoms with Gasteiger partial charge in [0.05, 0.1) is 16.4 Å². The summed E-state index contributed by atoms with van der Waals surface area (Å²) < 4.78 is 0. The molecule has 5 rings (SSSR count). The number of aryl methyl sites for hydroxylation is 2. The summed E-state index contributed by atoms with van der Waals surface area (Å²) in [6.45, 7) is 4.00. The van der Waals surface area contributed by atoms with Gasteiger partial charge in [-0.1, -0.05) is 48.0 Å². The molecule has 0 saturated heterocycles. The summed E-state index contributed by atoms with van der Waals surface area (Å²) in [7, 11) is 0. The van der Waals surface area contributed by atoms with E-state index in [4.69, 9.17) is 0 Å². The zero-order valence-electron chi connectivity index (χ0n) is 25.4. The van der Waals surface area contributed by atoms with Gasteiger partial charge in [-0.2, -0.15) is 0 Å². The number of carbonyl (C=O) groups excluding carboxylic acids is 3. The predicted molar refractivity (Wildman–Crippen MR) is 186 cm³/mol. The SMILES string of the molecule is Cc1ccc(-c2nc(NC(=O)CSc3ccc(NC(=O)/C(=C/c4ccc([N+](=O)[O-])cc4)NC(=O)c4ccccc4)cc3)sc2C)cc1. The number of hydrogen-bond donors (Lipinski definition) is 3. The quantitative estimate of drug-likeness (QED) is 0.0576. The third-order valence-corrected chi connectivity index (χ3v) is 8.69. The van der Waals surface area contributed by atoms with Gasteiger partial charge in [0.1, 0.15) is 5.70 Å². The van der Waals surface area contributed by atoms with Gasteiger partial charge >= 0.3 is 0 Å². The molecule has 3 N–H and O–H groups in total. The maximum atomic E-state index is 13.3. The Hall–Kier alpha value is -5.59. The lowest BCUT2D eigenvalue weighted by Crippen LogP contribution is -2.30. The Morgan fingerprint density at radius 2 is 1.55 bits per heavy atom. The van der Waals surface area contributed by atoms with Crippen LogP contribution < -0.4 is 16.0 Å². The van der Waals surface area contributed by atoms with Gasteiger partial charge < -0.3 is 16.0 Å². The molecular formula is C35H29N5O5S2. The van der Waals surface area contributed by atoms with Crippen LogP contribution in [0.1, 0.15) is 26.4 Å². The lowest BCUT2D eigenvalue weighted by molar-refractivity contribution is -0.384. The van der Waals surface area contributed by atoms with Crippen molar-refractivity contribution in [3.05, 3.63) is 141 Å². The van der Waals surface area contributed by atoms with E-state index in [1.54, 1.807) is 54.6 Å². The number of nitrogens with one attached hydrogen (secondary N) is 3. The number of benzene rings is 4. The van der Waals surface area contributed by atoms with Crippen LogP contribution in [0.2, 0.25) is 0 Å². The first-order valence-corrected chi connectivity index (χ1v) is 16.2. The largest absolute Gasteiger partial charge is 0.321 e. The molecule has 0 aliphatic carbocycles. The van der Waals surface area contributed by atoms with Crippen molar-refractivity contribution in [2.24, 2.45) is 0 Å². The fraction of sp³-hybridized carbons (Fsp3) is 0.0857. The van der Waals surface area contributed by atoms with Crippen LogP contribution in [0.4, 0.5) is 16.5 Å². The van der Waals surface area contributed by atoms with Crippen LogP contribution in [0.25, 0.3) is 17.3 Å². The standard InChI is InChI=1S/C35H29N5O5S2/c1-22-8-12-25(13-9-22)32-23(2)47-35(39-32)38-31(41)21-46-29-18-14-27(15-19-29)36-34(43)30(37-33(42)26-6-4-3-5-7-26)20-24-10-16-28(17-11-24)40(44)45/h3-20H,21H2,1-2H3,(H,36,43)(H,37,42)(H,38,39,41)/b30-20-. The van der Waals surface area contributed by atoms with Crippen molar-refractivity contribution in [1.29, 1.82) is 0 Å². The Morgan fingerprint density at radius 3 is 2.21 bits per heavy atom. The minimum Gasteiger partial charge on any atom is -0.321 e. The van der Waals surface area contributed by atoms with Crippen molar-refractivity contribution in [2.45, 2.75) is 18.7 Å².